The number of aromatic nitrogens is 2. The van der Waals surface area contributed by atoms with Gasteiger partial charge in [-0.05, 0) is 13.8 Å². The van der Waals surface area contributed by atoms with Crippen LogP contribution in [0.15, 0.2) is 12.4 Å². The number of urea groups is 1. The molecular formula is C10H15N5O2. The second kappa shape index (κ2) is 5.90. The first kappa shape index (κ1) is 13.0. The standard InChI is InChI=1S/C10H15N5O2/c1-6-3-14-8(4-12-6)5-13-7(2)9(16)15-10(11)17/h3-4,7,13H,5H2,1-2H3,(H3,11,15,16,17). The smallest absolute Gasteiger partial charge is 0.318 e. The van der Waals surface area contributed by atoms with Gasteiger partial charge in [-0.15, -0.1) is 0 Å². The van der Waals surface area contributed by atoms with Crippen LogP contribution in [0.3, 0.4) is 0 Å². The number of imide groups is 1. The Morgan fingerprint density at radius 2 is 2.12 bits per heavy atom. The molecule has 1 aromatic heterocycles. The summed E-state index contributed by atoms with van der Waals surface area (Å²) in [5, 5.41) is 4.89. The van der Waals surface area contributed by atoms with Gasteiger partial charge in [-0.3, -0.25) is 20.1 Å². The van der Waals surface area contributed by atoms with Gasteiger partial charge in [0.2, 0.25) is 5.91 Å². The molecule has 1 aromatic rings. The Labute approximate surface area is 98.8 Å². The van der Waals surface area contributed by atoms with Gasteiger partial charge < -0.3 is 11.1 Å². The summed E-state index contributed by atoms with van der Waals surface area (Å²) >= 11 is 0. The van der Waals surface area contributed by atoms with Crippen LogP contribution in [0.4, 0.5) is 4.79 Å². The minimum Gasteiger partial charge on any atom is -0.351 e. The molecule has 1 rings (SSSR count). The monoisotopic (exact) mass is 237 g/mol. The summed E-state index contributed by atoms with van der Waals surface area (Å²) in [5.74, 6) is -0.474. The summed E-state index contributed by atoms with van der Waals surface area (Å²) in [6.07, 6.45) is 3.27. The number of hydrogen-bond acceptors (Lipinski definition) is 5. The number of amides is 3. The van der Waals surface area contributed by atoms with Gasteiger partial charge in [0.15, 0.2) is 0 Å². The molecule has 1 atom stereocenters. The van der Waals surface area contributed by atoms with E-state index in [0.717, 1.165) is 5.69 Å². The van der Waals surface area contributed by atoms with E-state index in [1.165, 1.54) is 0 Å². The summed E-state index contributed by atoms with van der Waals surface area (Å²) in [7, 11) is 0. The van der Waals surface area contributed by atoms with Crippen molar-refractivity contribution in [3.8, 4) is 0 Å². The molecule has 7 heteroatoms. The molecule has 0 bridgehead atoms. The normalized spacial score (nSPS) is 11.9. The highest BCUT2D eigenvalue weighted by molar-refractivity contribution is 5.96. The maximum atomic E-state index is 11.3. The predicted molar refractivity (Wildman–Crippen MR) is 60.8 cm³/mol. The second-order valence-corrected chi connectivity index (χ2v) is 3.61. The number of aryl methyl sites for hydroxylation is 1. The molecule has 92 valence electrons. The van der Waals surface area contributed by atoms with Crippen LogP contribution in [0.25, 0.3) is 0 Å². The van der Waals surface area contributed by atoms with Crippen molar-refractivity contribution in [2.45, 2.75) is 26.4 Å². The van der Waals surface area contributed by atoms with E-state index < -0.39 is 18.0 Å². The molecular weight excluding hydrogens is 222 g/mol. The number of nitrogens with zero attached hydrogens (tertiary/aromatic N) is 2. The Hall–Kier alpha value is -2.02. The van der Waals surface area contributed by atoms with Gasteiger partial charge in [0.05, 0.1) is 17.4 Å². The van der Waals surface area contributed by atoms with E-state index in [4.69, 9.17) is 5.73 Å². The van der Waals surface area contributed by atoms with E-state index in [0.29, 0.717) is 12.2 Å². The topological polar surface area (TPSA) is 110 Å². The van der Waals surface area contributed by atoms with Crippen LogP contribution in [-0.4, -0.2) is 27.9 Å². The minimum absolute atomic E-state index is 0.390. The molecule has 7 nitrogen and oxygen atoms in total. The van der Waals surface area contributed by atoms with Crippen molar-refractivity contribution in [2.24, 2.45) is 5.73 Å². The van der Waals surface area contributed by atoms with Crippen LogP contribution in [0.1, 0.15) is 18.3 Å². The molecule has 0 fully saturated rings. The van der Waals surface area contributed by atoms with E-state index in [-0.39, 0.29) is 0 Å². The SMILES string of the molecule is Cc1cnc(CNC(C)C(=O)NC(N)=O)cn1. The highest BCUT2D eigenvalue weighted by atomic mass is 16.2. The Bertz CT molecular complexity index is 404. The zero-order valence-electron chi connectivity index (χ0n) is 9.73. The van der Waals surface area contributed by atoms with Gasteiger partial charge in [0.25, 0.3) is 0 Å². The molecule has 17 heavy (non-hydrogen) atoms. The fourth-order valence-corrected chi connectivity index (χ4v) is 1.09. The molecule has 0 saturated carbocycles. The summed E-state index contributed by atoms with van der Waals surface area (Å²) < 4.78 is 0. The lowest BCUT2D eigenvalue weighted by Gasteiger charge is -2.11. The van der Waals surface area contributed by atoms with Crippen molar-refractivity contribution < 1.29 is 9.59 Å². The van der Waals surface area contributed by atoms with Crippen molar-refractivity contribution in [3.05, 3.63) is 23.8 Å². The summed E-state index contributed by atoms with van der Waals surface area (Å²) in [6.45, 7) is 3.85. The first-order valence-electron chi connectivity index (χ1n) is 5.10. The Kier molecular flexibility index (Phi) is 4.53. The molecule has 0 saturated heterocycles. The van der Waals surface area contributed by atoms with E-state index in [1.54, 1.807) is 19.3 Å². The van der Waals surface area contributed by atoms with Crippen LogP contribution >= 0.6 is 0 Å². The Morgan fingerprint density at radius 3 is 2.65 bits per heavy atom. The number of hydrogen-bond donors (Lipinski definition) is 3. The quantitative estimate of drug-likeness (QED) is 0.651. The van der Waals surface area contributed by atoms with Gasteiger partial charge >= 0.3 is 6.03 Å². The first-order valence-corrected chi connectivity index (χ1v) is 5.10. The number of carbonyl (C=O) groups is 2. The highest BCUT2D eigenvalue weighted by Gasteiger charge is 2.13. The van der Waals surface area contributed by atoms with Crippen molar-refractivity contribution in [3.63, 3.8) is 0 Å². The minimum atomic E-state index is -0.862. The van der Waals surface area contributed by atoms with Crippen LogP contribution in [0, 0.1) is 6.92 Å². The second-order valence-electron chi connectivity index (χ2n) is 3.61. The number of primary amides is 1. The lowest BCUT2D eigenvalue weighted by Crippen LogP contribution is -2.46. The van der Waals surface area contributed by atoms with Crippen molar-refractivity contribution in [1.29, 1.82) is 0 Å². The maximum Gasteiger partial charge on any atom is 0.318 e. The fourth-order valence-electron chi connectivity index (χ4n) is 1.09. The molecule has 3 amide bonds. The first-order chi connectivity index (χ1) is 7.99. The number of carbonyl (C=O) groups excluding carboxylic acids is 2. The van der Waals surface area contributed by atoms with E-state index in [9.17, 15) is 9.59 Å². The molecule has 1 heterocycles. The van der Waals surface area contributed by atoms with Gasteiger partial charge in [-0.1, -0.05) is 0 Å². The lowest BCUT2D eigenvalue weighted by atomic mass is 10.3. The molecule has 1 unspecified atom stereocenters. The van der Waals surface area contributed by atoms with Crippen LogP contribution in [0.2, 0.25) is 0 Å². The third kappa shape index (κ3) is 4.56. The Balaban J connectivity index is 2.42. The maximum absolute atomic E-state index is 11.3. The van der Waals surface area contributed by atoms with E-state index >= 15 is 0 Å². The van der Waals surface area contributed by atoms with Gasteiger partial charge in [0.1, 0.15) is 0 Å². The molecule has 0 radical (unpaired) electrons. The van der Waals surface area contributed by atoms with Gasteiger partial charge in [-0.2, -0.15) is 0 Å². The van der Waals surface area contributed by atoms with Crippen LogP contribution in [0.5, 0.6) is 0 Å². The van der Waals surface area contributed by atoms with E-state index in [2.05, 4.69) is 15.3 Å². The zero-order chi connectivity index (χ0) is 12.8. The molecule has 4 N–H and O–H groups in total. The van der Waals surface area contributed by atoms with Crippen LogP contribution < -0.4 is 16.4 Å². The average molecular weight is 237 g/mol. The number of rotatable bonds is 4. The molecule has 0 aliphatic carbocycles. The predicted octanol–water partition coefficient (Wildman–Crippen LogP) is -0.542. The van der Waals surface area contributed by atoms with Gasteiger partial charge in [-0.25, -0.2) is 4.79 Å². The molecule has 0 aliphatic heterocycles. The van der Waals surface area contributed by atoms with Crippen LogP contribution in [-0.2, 0) is 11.3 Å². The Morgan fingerprint density at radius 1 is 1.41 bits per heavy atom. The summed E-state index contributed by atoms with van der Waals surface area (Å²) in [6, 6.07) is -1.40. The summed E-state index contributed by atoms with van der Waals surface area (Å²) in [5.41, 5.74) is 6.38. The third-order valence-corrected chi connectivity index (χ3v) is 2.06. The highest BCUT2D eigenvalue weighted by Crippen LogP contribution is 1.94. The average Bonchev–Trinajstić information content (AvgIpc) is 2.27. The van der Waals surface area contributed by atoms with Crippen molar-refractivity contribution in [1.82, 2.24) is 20.6 Å². The number of nitrogens with two attached hydrogens (primary N) is 1. The molecule has 0 aromatic carbocycles. The summed E-state index contributed by atoms with van der Waals surface area (Å²) in [4.78, 5) is 30.0. The largest absolute Gasteiger partial charge is 0.351 e. The lowest BCUT2D eigenvalue weighted by molar-refractivity contribution is -0.121. The zero-order valence-corrected chi connectivity index (χ0v) is 9.73. The fraction of sp³-hybridized carbons (Fsp3) is 0.400. The van der Waals surface area contributed by atoms with Gasteiger partial charge in [0, 0.05) is 18.9 Å². The third-order valence-electron chi connectivity index (χ3n) is 2.06. The van der Waals surface area contributed by atoms with Crippen molar-refractivity contribution >= 4 is 11.9 Å². The van der Waals surface area contributed by atoms with E-state index in [1.807, 2.05) is 12.2 Å². The molecule has 0 spiro atoms. The van der Waals surface area contributed by atoms with Crippen molar-refractivity contribution in [2.75, 3.05) is 0 Å². The molecule has 0 aliphatic rings. The number of nitrogens with one attached hydrogen (secondary N) is 2.